The van der Waals surface area contributed by atoms with E-state index in [-0.39, 0.29) is 5.91 Å². The van der Waals surface area contributed by atoms with Gasteiger partial charge in [-0.15, -0.1) is 0 Å². The second-order valence-corrected chi connectivity index (χ2v) is 5.32. The summed E-state index contributed by atoms with van der Waals surface area (Å²) in [7, 11) is 0. The highest BCUT2D eigenvalue weighted by Crippen LogP contribution is 2.40. The van der Waals surface area contributed by atoms with Crippen molar-refractivity contribution >= 4 is 5.91 Å². The van der Waals surface area contributed by atoms with Gasteiger partial charge in [-0.1, -0.05) is 5.16 Å². The average Bonchev–Trinajstić information content (AvgIpc) is 3.14. The van der Waals surface area contributed by atoms with Crippen LogP contribution in [0.5, 0.6) is 0 Å². The average molecular weight is 271 g/mol. The first-order valence-corrected chi connectivity index (χ1v) is 6.81. The summed E-state index contributed by atoms with van der Waals surface area (Å²) < 4.78 is 5.25. The highest BCUT2D eigenvalue weighted by atomic mass is 16.5. The van der Waals surface area contributed by atoms with E-state index in [1.807, 2.05) is 19.9 Å². The fraction of sp³-hybridized carbons (Fsp3) is 0.400. The maximum absolute atomic E-state index is 12.1. The van der Waals surface area contributed by atoms with E-state index < -0.39 is 0 Å². The fourth-order valence-electron chi connectivity index (χ4n) is 2.21. The minimum absolute atomic E-state index is 0.116. The molecule has 5 heteroatoms. The Hall–Kier alpha value is -2.17. The van der Waals surface area contributed by atoms with E-state index in [9.17, 15) is 4.79 Å². The molecule has 2 aromatic heterocycles. The van der Waals surface area contributed by atoms with Gasteiger partial charge in [-0.2, -0.15) is 0 Å². The van der Waals surface area contributed by atoms with Crippen molar-refractivity contribution in [3.8, 4) is 0 Å². The van der Waals surface area contributed by atoms with Gasteiger partial charge in [0.05, 0.1) is 6.54 Å². The molecule has 0 saturated heterocycles. The Bertz CT molecular complexity index is 624. The third-order valence-corrected chi connectivity index (χ3v) is 3.33. The van der Waals surface area contributed by atoms with Crippen LogP contribution < -0.4 is 5.32 Å². The van der Waals surface area contributed by atoms with Crippen molar-refractivity contribution in [2.24, 2.45) is 0 Å². The molecule has 104 valence electrons. The number of carbonyl (C=O) groups excluding carboxylic acids is 1. The predicted molar refractivity (Wildman–Crippen MR) is 73.4 cm³/mol. The summed E-state index contributed by atoms with van der Waals surface area (Å²) in [6.07, 6.45) is 2.35. The molecule has 0 radical (unpaired) electrons. The van der Waals surface area contributed by atoms with E-state index >= 15 is 0 Å². The minimum Gasteiger partial charge on any atom is -0.361 e. The maximum Gasteiger partial charge on any atom is 0.251 e. The second kappa shape index (κ2) is 5.07. The molecule has 1 N–H and O–H groups in total. The summed E-state index contributed by atoms with van der Waals surface area (Å²) in [6.45, 7) is 4.14. The first-order valence-electron chi connectivity index (χ1n) is 6.81. The number of rotatable bonds is 4. The molecule has 0 aliphatic heterocycles. The molecule has 0 aromatic carbocycles. The van der Waals surface area contributed by atoms with Crippen molar-refractivity contribution in [1.82, 2.24) is 15.5 Å². The van der Waals surface area contributed by atoms with Crippen LogP contribution in [0.25, 0.3) is 0 Å². The number of hydrogen-bond donors (Lipinski definition) is 1. The first-order chi connectivity index (χ1) is 9.61. The lowest BCUT2D eigenvalue weighted by Gasteiger charge is -2.05. The largest absolute Gasteiger partial charge is 0.361 e. The molecular weight excluding hydrogens is 254 g/mol. The van der Waals surface area contributed by atoms with Gasteiger partial charge in [0.2, 0.25) is 0 Å². The van der Waals surface area contributed by atoms with E-state index in [2.05, 4.69) is 15.5 Å². The van der Waals surface area contributed by atoms with E-state index in [0.29, 0.717) is 18.0 Å². The van der Waals surface area contributed by atoms with Crippen LogP contribution in [-0.2, 0) is 6.54 Å². The van der Waals surface area contributed by atoms with Crippen LogP contribution in [0.4, 0.5) is 0 Å². The van der Waals surface area contributed by atoms with Crippen LogP contribution in [-0.4, -0.2) is 16.0 Å². The van der Waals surface area contributed by atoms with E-state index in [1.165, 1.54) is 12.8 Å². The van der Waals surface area contributed by atoms with Gasteiger partial charge >= 0.3 is 0 Å². The highest BCUT2D eigenvalue weighted by Gasteiger charge is 2.27. The lowest BCUT2D eigenvalue weighted by atomic mass is 10.2. The summed E-state index contributed by atoms with van der Waals surface area (Å²) in [5, 5.41) is 6.83. The van der Waals surface area contributed by atoms with Crippen LogP contribution >= 0.6 is 0 Å². The number of pyridine rings is 1. The summed E-state index contributed by atoms with van der Waals surface area (Å²) in [6, 6.07) is 5.49. The Morgan fingerprint density at radius 2 is 2.00 bits per heavy atom. The molecule has 1 aliphatic carbocycles. The Labute approximate surface area is 117 Å². The van der Waals surface area contributed by atoms with Gasteiger partial charge in [0.1, 0.15) is 11.5 Å². The number of hydrogen-bond acceptors (Lipinski definition) is 4. The normalized spacial score (nSPS) is 14.3. The second-order valence-electron chi connectivity index (χ2n) is 5.32. The van der Waals surface area contributed by atoms with Gasteiger partial charge in [-0.3, -0.25) is 9.78 Å². The fourth-order valence-corrected chi connectivity index (χ4v) is 2.21. The molecule has 1 amide bonds. The molecule has 1 saturated carbocycles. The van der Waals surface area contributed by atoms with E-state index in [1.54, 1.807) is 12.1 Å². The monoisotopic (exact) mass is 271 g/mol. The zero-order valence-electron chi connectivity index (χ0n) is 11.6. The Morgan fingerprint density at radius 3 is 2.65 bits per heavy atom. The van der Waals surface area contributed by atoms with Crippen LogP contribution in [0.1, 0.15) is 52.0 Å². The SMILES string of the molecule is Cc1cc(C(=O)NCc2cc(C3CC3)on2)cc(C)n1. The number of carbonyl (C=O) groups is 1. The van der Waals surface area contributed by atoms with Gasteiger partial charge in [0.25, 0.3) is 5.91 Å². The van der Waals surface area contributed by atoms with Crippen molar-refractivity contribution < 1.29 is 9.32 Å². The predicted octanol–water partition coefficient (Wildman–Crippen LogP) is 2.49. The molecule has 0 bridgehead atoms. The van der Waals surface area contributed by atoms with Crippen molar-refractivity contribution in [2.75, 3.05) is 0 Å². The molecule has 0 unspecified atom stereocenters. The smallest absolute Gasteiger partial charge is 0.251 e. The van der Waals surface area contributed by atoms with E-state index in [0.717, 1.165) is 22.8 Å². The summed E-state index contributed by atoms with van der Waals surface area (Å²) in [5.74, 6) is 1.36. The number of nitrogens with zero attached hydrogens (tertiary/aromatic N) is 2. The van der Waals surface area contributed by atoms with Gasteiger partial charge in [0, 0.05) is 28.9 Å². The van der Waals surface area contributed by atoms with Crippen molar-refractivity contribution in [1.29, 1.82) is 0 Å². The Morgan fingerprint density at radius 1 is 1.30 bits per heavy atom. The molecule has 0 atom stereocenters. The third kappa shape index (κ3) is 2.87. The summed E-state index contributed by atoms with van der Waals surface area (Å²) in [4.78, 5) is 16.3. The molecule has 0 spiro atoms. The van der Waals surface area contributed by atoms with Gasteiger partial charge < -0.3 is 9.84 Å². The first kappa shape index (κ1) is 12.8. The molecule has 5 nitrogen and oxygen atoms in total. The molecule has 2 aromatic rings. The van der Waals surface area contributed by atoms with Crippen molar-refractivity contribution in [3.05, 3.63) is 46.6 Å². The van der Waals surface area contributed by atoms with Crippen molar-refractivity contribution in [3.63, 3.8) is 0 Å². The van der Waals surface area contributed by atoms with Crippen LogP contribution in [0.2, 0.25) is 0 Å². The third-order valence-electron chi connectivity index (χ3n) is 3.33. The number of nitrogens with one attached hydrogen (secondary N) is 1. The topological polar surface area (TPSA) is 68.0 Å². The Kier molecular flexibility index (Phi) is 3.26. The molecule has 3 rings (SSSR count). The molecule has 1 fully saturated rings. The van der Waals surface area contributed by atoms with Crippen LogP contribution in [0.3, 0.4) is 0 Å². The van der Waals surface area contributed by atoms with Crippen LogP contribution in [0, 0.1) is 13.8 Å². The van der Waals surface area contributed by atoms with Crippen LogP contribution in [0.15, 0.2) is 22.7 Å². The van der Waals surface area contributed by atoms with E-state index in [4.69, 9.17) is 4.52 Å². The van der Waals surface area contributed by atoms with Gasteiger partial charge in [0.15, 0.2) is 0 Å². The Balaban J connectivity index is 1.63. The molecule has 2 heterocycles. The van der Waals surface area contributed by atoms with Gasteiger partial charge in [-0.25, -0.2) is 0 Å². The summed E-state index contributed by atoms with van der Waals surface area (Å²) >= 11 is 0. The maximum atomic E-state index is 12.1. The lowest BCUT2D eigenvalue weighted by Crippen LogP contribution is -2.23. The molecule has 1 aliphatic rings. The zero-order valence-corrected chi connectivity index (χ0v) is 11.6. The van der Waals surface area contributed by atoms with Gasteiger partial charge in [-0.05, 0) is 38.8 Å². The standard InChI is InChI=1S/C15H17N3O2/c1-9-5-12(6-10(2)17-9)15(19)16-8-13-7-14(20-18-13)11-3-4-11/h5-7,11H,3-4,8H2,1-2H3,(H,16,19). The number of aromatic nitrogens is 2. The number of amides is 1. The summed E-state index contributed by atoms with van der Waals surface area (Å²) in [5.41, 5.74) is 3.07. The number of aryl methyl sites for hydroxylation is 2. The van der Waals surface area contributed by atoms with Crippen molar-refractivity contribution in [2.45, 2.75) is 39.2 Å². The highest BCUT2D eigenvalue weighted by molar-refractivity contribution is 5.94. The minimum atomic E-state index is -0.116. The lowest BCUT2D eigenvalue weighted by molar-refractivity contribution is 0.0949. The quantitative estimate of drug-likeness (QED) is 0.927. The molecule has 20 heavy (non-hydrogen) atoms. The molecular formula is C15H17N3O2. The zero-order chi connectivity index (χ0) is 14.1.